The predicted molar refractivity (Wildman–Crippen MR) is 120 cm³/mol. The summed E-state index contributed by atoms with van der Waals surface area (Å²) in [4.78, 5) is 25.7. The van der Waals surface area contributed by atoms with Crippen molar-refractivity contribution in [2.24, 2.45) is 0 Å². The smallest absolute Gasteiger partial charge is 0.323 e. The number of aromatic nitrogens is 4. The number of nitrogens with one attached hydrogen (secondary N) is 1. The highest BCUT2D eigenvalue weighted by Gasteiger charge is 2.32. The molecule has 2 aromatic heterocycles. The molecule has 0 aliphatic rings. The topological polar surface area (TPSA) is 167 Å². The second-order valence-corrected chi connectivity index (χ2v) is 8.86. The molecule has 33 heavy (non-hydrogen) atoms. The SMILES string of the molecule is CO[C@H](CO[PH](=O)N[C@@H](C)C(=O)OC(C)C)[C@@H](O)[C@@H](F)n1cnc2c(N(C)C)nc(N)nc21. The van der Waals surface area contributed by atoms with Crippen LogP contribution in [0.3, 0.4) is 0 Å². The summed E-state index contributed by atoms with van der Waals surface area (Å²) in [6.45, 7) is 4.43. The van der Waals surface area contributed by atoms with Crippen LogP contribution >= 0.6 is 8.18 Å². The van der Waals surface area contributed by atoms with Gasteiger partial charge in [0.1, 0.15) is 18.2 Å². The molecule has 0 saturated heterocycles. The number of ether oxygens (including phenoxy) is 2. The zero-order chi connectivity index (χ0) is 24.9. The molecule has 0 saturated carbocycles. The number of esters is 1. The van der Waals surface area contributed by atoms with E-state index in [0.29, 0.717) is 11.3 Å². The molecule has 0 aromatic carbocycles. The monoisotopic (exact) mass is 491 g/mol. The highest BCUT2D eigenvalue weighted by Crippen LogP contribution is 2.28. The molecule has 13 nitrogen and oxygen atoms in total. The van der Waals surface area contributed by atoms with Gasteiger partial charge in [0.05, 0.1) is 19.0 Å². The quantitative estimate of drug-likeness (QED) is 0.281. The van der Waals surface area contributed by atoms with Gasteiger partial charge in [0.15, 0.2) is 17.0 Å². The summed E-state index contributed by atoms with van der Waals surface area (Å²) in [7, 11) is 1.77. The summed E-state index contributed by atoms with van der Waals surface area (Å²) in [5, 5.41) is 13.0. The number of fused-ring (bicyclic) bond motifs is 1. The number of carbonyl (C=O) groups excluding carboxylic acids is 1. The number of hydrogen-bond acceptors (Lipinski definition) is 11. The van der Waals surface area contributed by atoms with Crippen LogP contribution in [0.4, 0.5) is 16.2 Å². The van der Waals surface area contributed by atoms with Gasteiger partial charge in [0.25, 0.3) is 8.18 Å². The third-order valence-electron chi connectivity index (χ3n) is 4.49. The molecule has 0 radical (unpaired) electrons. The number of hydrogen-bond donors (Lipinski definition) is 3. The standard InChI is InChI=1S/C18H31FN7O6P/c1-9(2)32-17(28)10(3)24-33(29)31-7-11(30-6)13(27)14(19)26-8-21-12-15(25(4)5)22-18(20)23-16(12)26/h8-11,13-14,27,33H,7H2,1-6H3,(H,24,29)(H2,20,22,23)/t10-,11+,13+,14-/m0/s1. The van der Waals surface area contributed by atoms with Gasteiger partial charge in [-0.15, -0.1) is 0 Å². The van der Waals surface area contributed by atoms with Gasteiger partial charge in [0, 0.05) is 21.2 Å². The van der Waals surface area contributed by atoms with Crippen LogP contribution in [0.5, 0.6) is 0 Å². The molecule has 0 aliphatic carbocycles. The molecule has 2 rings (SSSR count). The molecular formula is C18H31FN7O6P. The van der Waals surface area contributed by atoms with Crippen LogP contribution in [0.15, 0.2) is 6.33 Å². The number of halogens is 1. The van der Waals surface area contributed by atoms with E-state index in [1.807, 2.05) is 0 Å². The second kappa shape index (κ2) is 11.7. The first-order chi connectivity index (χ1) is 15.5. The normalized spacial score (nSPS) is 16.4. The first kappa shape index (κ1) is 26.9. The van der Waals surface area contributed by atoms with E-state index in [1.54, 1.807) is 32.8 Å². The maximum atomic E-state index is 15.2. The molecule has 1 unspecified atom stereocenters. The van der Waals surface area contributed by atoms with Crippen LogP contribution in [0.25, 0.3) is 11.2 Å². The van der Waals surface area contributed by atoms with Crippen molar-refractivity contribution in [1.29, 1.82) is 0 Å². The zero-order valence-electron chi connectivity index (χ0n) is 19.4. The minimum absolute atomic E-state index is 0.0845. The van der Waals surface area contributed by atoms with Gasteiger partial charge in [-0.1, -0.05) is 0 Å². The number of nitrogen functional groups attached to an aromatic ring is 1. The Kier molecular flexibility index (Phi) is 9.49. The molecule has 0 amide bonds. The number of aliphatic hydroxyl groups excluding tert-OH is 1. The van der Waals surface area contributed by atoms with E-state index in [1.165, 1.54) is 20.4 Å². The highest BCUT2D eigenvalue weighted by molar-refractivity contribution is 7.36. The van der Waals surface area contributed by atoms with Gasteiger partial charge in [-0.2, -0.15) is 9.97 Å². The lowest BCUT2D eigenvalue weighted by Gasteiger charge is -2.25. The van der Waals surface area contributed by atoms with Crippen LogP contribution in [0, 0.1) is 0 Å². The van der Waals surface area contributed by atoms with Gasteiger partial charge in [-0.05, 0) is 20.8 Å². The van der Waals surface area contributed by atoms with Gasteiger partial charge in [-0.25, -0.2) is 14.5 Å². The average molecular weight is 491 g/mol. The van der Waals surface area contributed by atoms with E-state index in [-0.39, 0.29) is 17.7 Å². The number of rotatable bonds is 12. The van der Waals surface area contributed by atoms with Crippen LogP contribution in [0.1, 0.15) is 27.1 Å². The average Bonchev–Trinajstić information content (AvgIpc) is 3.15. The van der Waals surface area contributed by atoms with Crippen molar-refractivity contribution in [3.8, 4) is 0 Å². The van der Waals surface area contributed by atoms with Crippen LogP contribution < -0.4 is 15.7 Å². The fraction of sp³-hybridized carbons (Fsp3) is 0.667. The van der Waals surface area contributed by atoms with E-state index >= 15 is 4.39 Å². The maximum absolute atomic E-state index is 15.2. The Labute approximate surface area is 191 Å². The number of nitrogens with zero attached hydrogens (tertiary/aromatic N) is 5. The lowest BCUT2D eigenvalue weighted by atomic mass is 10.2. The summed E-state index contributed by atoms with van der Waals surface area (Å²) in [6, 6.07) is -0.882. The van der Waals surface area contributed by atoms with Crippen LogP contribution in [-0.2, 0) is 23.4 Å². The molecule has 0 fully saturated rings. The Bertz CT molecular complexity index is 975. The van der Waals surface area contributed by atoms with Crippen molar-refractivity contribution >= 4 is 37.1 Å². The number of imidazole rings is 1. The third kappa shape index (κ3) is 6.81. The van der Waals surface area contributed by atoms with E-state index < -0.39 is 45.3 Å². The van der Waals surface area contributed by atoms with Gasteiger partial charge in [-0.3, -0.25) is 13.9 Å². The van der Waals surface area contributed by atoms with E-state index in [4.69, 9.17) is 19.7 Å². The van der Waals surface area contributed by atoms with E-state index in [2.05, 4.69) is 20.0 Å². The second-order valence-electron chi connectivity index (χ2n) is 7.71. The molecular weight excluding hydrogens is 460 g/mol. The summed E-state index contributed by atoms with van der Waals surface area (Å²) in [5.74, 6) is -0.292. The fourth-order valence-corrected chi connectivity index (χ4v) is 3.70. The summed E-state index contributed by atoms with van der Waals surface area (Å²) in [5.41, 5.74) is 6.11. The summed E-state index contributed by atoms with van der Waals surface area (Å²) in [6.07, 6.45) is -4.13. The van der Waals surface area contributed by atoms with Crippen LogP contribution in [0.2, 0.25) is 0 Å². The summed E-state index contributed by atoms with van der Waals surface area (Å²) >= 11 is 0. The van der Waals surface area contributed by atoms with Gasteiger partial charge >= 0.3 is 5.97 Å². The number of aliphatic hydroxyl groups is 1. The number of alkyl halides is 1. The Hall–Kier alpha value is -2.38. The number of anilines is 2. The molecule has 0 aliphatic heterocycles. The molecule has 186 valence electrons. The lowest BCUT2D eigenvalue weighted by molar-refractivity contribution is -0.149. The Morgan fingerprint density at radius 1 is 1.36 bits per heavy atom. The molecule has 0 spiro atoms. The van der Waals surface area contributed by atoms with Crippen molar-refractivity contribution in [2.45, 2.75) is 51.4 Å². The number of methoxy groups -OCH3 is 1. The number of carbonyl (C=O) groups is 1. The largest absolute Gasteiger partial charge is 0.462 e. The molecule has 5 atom stereocenters. The van der Waals surface area contributed by atoms with Gasteiger partial charge < -0.3 is 29.7 Å². The molecule has 4 N–H and O–H groups in total. The molecule has 0 bridgehead atoms. The van der Waals surface area contributed by atoms with Crippen molar-refractivity contribution in [2.75, 3.05) is 38.4 Å². The minimum Gasteiger partial charge on any atom is -0.462 e. The third-order valence-corrected chi connectivity index (χ3v) is 5.59. The Balaban J connectivity index is 2.07. The highest BCUT2D eigenvalue weighted by atomic mass is 31.1. The van der Waals surface area contributed by atoms with Crippen LogP contribution in [-0.4, -0.2) is 82.8 Å². The fourth-order valence-electron chi connectivity index (χ4n) is 2.83. The number of nitrogens with two attached hydrogens (primary N) is 1. The minimum atomic E-state index is -2.92. The lowest BCUT2D eigenvalue weighted by Crippen LogP contribution is -2.38. The summed E-state index contributed by atoms with van der Waals surface area (Å²) < 4.78 is 43.7. The van der Waals surface area contributed by atoms with E-state index in [9.17, 15) is 14.5 Å². The molecule has 2 aromatic rings. The predicted octanol–water partition coefficient (Wildman–Crippen LogP) is 0.654. The molecule has 15 heteroatoms. The zero-order valence-corrected chi connectivity index (χ0v) is 20.4. The molecule has 2 heterocycles. The Morgan fingerprint density at radius 2 is 2.03 bits per heavy atom. The van der Waals surface area contributed by atoms with Crippen molar-refractivity contribution < 1.29 is 32.9 Å². The first-order valence-corrected chi connectivity index (χ1v) is 11.4. The first-order valence-electron chi connectivity index (χ1n) is 10.1. The van der Waals surface area contributed by atoms with Crippen molar-refractivity contribution in [3.05, 3.63) is 6.33 Å². The van der Waals surface area contributed by atoms with Crippen molar-refractivity contribution in [1.82, 2.24) is 24.6 Å². The Morgan fingerprint density at radius 3 is 2.61 bits per heavy atom. The maximum Gasteiger partial charge on any atom is 0.323 e. The van der Waals surface area contributed by atoms with Crippen molar-refractivity contribution in [3.63, 3.8) is 0 Å². The van der Waals surface area contributed by atoms with Gasteiger partial charge in [0.2, 0.25) is 12.2 Å². The van der Waals surface area contributed by atoms with E-state index in [0.717, 1.165) is 4.57 Å².